The third-order valence-electron chi connectivity index (χ3n) is 3.64. The molecule has 1 aliphatic carbocycles. The van der Waals surface area contributed by atoms with Gasteiger partial charge in [0, 0.05) is 17.5 Å². The van der Waals surface area contributed by atoms with Gasteiger partial charge in [0.05, 0.1) is 0 Å². The summed E-state index contributed by atoms with van der Waals surface area (Å²) >= 11 is 1.81. The van der Waals surface area contributed by atoms with Crippen LogP contribution >= 0.6 is 11.3 Å². The van der Waals surface area contributed by atoms with Crippen LogP contribution in [-0.2, 0) is 6.42 Å². The third kappa shape index (κ3) is 3.43. The molecule has 1 heterocycles. The lowest BCUT2D eigenvalue weighted by molar-refractivity contribution is 0.484. The number of benzene rings is 1. The summed E-state index contributed by atoms with van der Waals surface area (Å²) in [6, 6.07) is 11.6. The lowest BCUT2D eigenvalue weighted by Crippen LogP contribution is -2.25. The smallest absolute Gasteiger partial charge is 0.123 e. The van der Waals surface area contributed by atoms with Crippen molar-refractivity contribution in [3.05, 3.63) is 58.0 Å². The number of thiophene rings is 1. The van der Waals surface area contributed by atoms with Gasteiger partial charge in [-0.3, -0.25) is 0 Å². The van der Waals surface area contributed by atoms with Crippen LogP contribution in [0.4, 0.5) is 4.39 Å². The van der Waals surface area contributed by atoms with E-state index in [4.69, 9.17) is 0 Å². The zero-order valence-corrected chi connectivity index (χ0v) is 11.6. The van der Waals surface area contributed by atoms with Crippen LogP contribution in [0.3, 0.4) is 0 Å². The van der Waals surface area contributed by atoms with E-state index < -0.39 is 0 Å². The molecule has 1 unspecified atom stereocenters. The minimum absolute atomic E-state index is 0.156. The van der Waals surface area contributed by atoms with Gasteiger partial charge in [0.2, 0.25) is 0 Å². The fourth-order valence-corrected chi connectivity index (χ4v) is 3.17. The largest absolute Gasteiger partial charge is 0.309 e. The number of rotatable bonds is 6. The zero-order valence-electron chi connectivity index (χ0n) is 10.8. The molecule has 1 aromatic heterocycles. The minimum atomic E-state index is -0.156. The second-order valence-electron chi connectivity index (χ2n) is 5.15. The van der Waals surface area contributed by atoms with Gasteiger partial charge in [0.15, 0.2) is 0 Å². The van der Waals surface area contributed by atoms with E-state index >= 15 is 0 Å². The maximum Gasteiger partial charge on any atom is 0.123 e. The van der Waals surface area contributed by atoms with Crippen molar-refractivity contribution in [2.24, 2.45) is 5.92 Å². The molecule has 3 heteroatoms. The number of hydrogen-bond acceptors (Lipinski definition) is 2. The minimum Gasteiger partial charge on any atom is -0.309 e. The second-order valence-corrected chi connectivity index (χ2v) is 6.18. The molecular formula is C16H18FNS. The Kier molecular flexibility index (Phi) is 3.95. The average molecular weight is 275 g/mol. The monoisotopic (exact) mass is 275 g/mol. The molecule has 1 saturated carbocycles. The molecule has 0 bridgehead atoms. The van der Waals surface area contributed by atoms with Crippen LogP contribution in [0.2, 0.25) is 0 Å². The molecule has 0 spiro atoms. The zero-order chi connectivity index (χ0) is 13.1. The molecule has 1 aliphatic rings. The van der Waals surface area contributed by atoms with E-state index in [1.807, 2.05) is 12.1 Å². The third-order valence-corrected chi connectivity index (χ3v) is 4.57. The van der Waals surface area contributed by atoms with Gasteiger partial charge in [-0.15, -0.1) is 11.3 Å². The maximum absolute atomic E-state index is 13.0. The van der Waals surface area contributed by atoms with Gasteiger partial charge in [-0.05, 0) is 54.3 Å². The summed E-state index contributed by atoms with van der Waals surface area (Å²) in [5, 5.41) is 5.76. The molecule has 2 aromatic rings. The summed E-state index contributed by atoms with van der Waals surface area (Å²) in [7, 11) is 0. The lowest BCUT2D eigenvalue weighted by Gasteiger charge is -2.18. The van der Waals surface area contributed by atoms with Gasteiger partial charge in [-0.2, -0.15) is 0 Å². The van der Waals surface area contributed by atoms with Crippen molar-refractivity contribution in [2.45, 2.75) is 25.3 Å². The van der Waals surface area contributed by atoms with Crippen molar-refractivity contribution in [2.75, 3.05) is 6.54 Å². The summed E-state index contributed by atoms with van der Waals surface area (Å²) in [6.45, 7) is 0.985. The van der Waals surface area contributed by atoms with Gasteiger partial charge < -0.3 is 5.32 Å². The highest BCUT2D eigenvalue weighted by Crippen LogP contribution is 2.40. The van der Waals surface area contributed by atoms with Gasteiger partial charge in [0.25, 0.3) is 0 Å². The second kappa shape index (κ2) is 5.85. The molecule has 100 valence electrons. The van der Waals surface area contributed by atoms with E-state index in [0.29, 0.717) is 6.04 Å². The topological polar surface area (TPSA) is 12.0 Å². The highest BCUT2D eigenvalue weighted by atomic mass is 32.1. The first-order chi connectivity index (χ1) is 9.33. The Morgan fingerprint density at radius 1 is 1.21 bits per heavy atom. The quantitative estimate of drug-likeness (QED) is 0.834. The molecule has 0 radical (unpaired) electrons. The first kappa shape index (κ1) is 12.8. The molecule has 1 N–H and O–H groups in total. The van der Waals surface area contributed by atoms with Gasteiger partial charge in [0.1, 0.15) is 5.82 Å². The van der Waals surface area contributed by atoms with Crippen molar-refractivity contribution in [1.82, 2.24) is 5.32 Å². The summed E-state index contributed by atoms with van der Waals surface area (Å²) in [4.78, 5) is 1.42. The molecule has 0 aliphatic heterocycles. The highest BCUT2D eigenvalue weighted by molar-refractivity contribution is 7.09. The Balaban J connectivity index is 1.60. The standard InChI is InChI=1S/C16H18FNS/c17-14-7-5-13(6-8-14)16(12-3-4-12)18-10-9-15-2-1-11-19-15/h1-2,5-8,11-12,16,18H,3-4,9-10H2. The molecule has 0 saturated heterocycles. The summed E-state index contributed by atoms with van der Waals surface area (Å²) in [5.41, 5.74) is 1.22. The SMILES string of the molecule is Fc1ccc(C(NCCc2cccs2)C2CC2)cc1. The van der Waals surface area contributed by atoms with Crippen LogP contribution in [0.5, 0.6) is 0 Å². The number of nitrogens with one attached hydrogen (secondary N) is 1. The molecule has 1 nitrogen and oxygen atoms in total. The molecular weight excluding hydrogens is 257 g/mol. The van der Waals surface area contributed by atoms with Crippen LogP contribution in [0.15, 0.2) is 41.8 Å². The first-order valence-electron chi connectivity index (χ1n) is 6.84. The Morgan fingerprint density at radius 2 is 2.00 bits per heavy atom. The van der Waals surface area contributed by atoms with Gasteiger partial charge >= 0.3 is 0 Å². The van der Waals surface area contributed by atoms with E-state index in [0.717, 1.165) is 18.9 Å². The van der Waals surface area contributed by atoms with E-state index in [1.165, 1.54) is 23.3 Å². The Bertz CT molecular complexity index is 502. The summed E-state index contributed by atoms with van der Waals surface area (Å²) < 4.78 is 13.0. The molecule has 3 rings (SSSR count). The number of halogens is 1. The summed E-state index contributed by atoms with van der Waals surface area (Å²) in [5.74, 6) is 0.575. The predicted molar refractivity (Wildman–Crippen MR) is 77.9 cm³/mol. The average Bonchev–Trinajstić information content (AvgIpc) is 3.13. The fourth-order valence-electron chi connectivity index (χ4n) is 2.46. The van der Waals surface area contributed by atoms with E-state index in [-0.39, 0.29) is 5.82 Å². The van der Waals surface area contributed by atoms with E-state index in [1.54, 1.807) is 23.5 Å². The summed E-state index contributed by atoms with van der Waals surface area (Å²) in [6.07, 6.45) is 3.64. The fraction of sp³-hybridized carbons (Fsp3) is 0.375. The normalized spacial score (nSPS) is 16.5. The molecule has 1 fully saturated rings. The predicted octanol–water partition coefficient (Wildman–Crippen LogP) is 4.17. The van der Waals surface area contributed by atoms with E-state index in [9.17, 15) is 4.39 Å². The Morgan fingerprint density at radius 3 is 2.63 bits per heavy atom. The molecule has 1 atom stereocenters. The van der Waals surface area contributed by atoms with Gasteiger partial charge in [-0.1, -0.05) is 18.2 Å². The van der Waals surface area contributed by atoms with Crippen molar-refractivity contribution in [1.29, 1.82) is 0 Å². The maximum atomic E-state index is 13.0. The Hall–Kier alpha value is -1.19. The molecule has 19 heavy (non-hydrogen) atoms. The van der Waals surface area contributed by atoms with Crippen LogP contribution in [0, 0.1) is 11.7 Å². The molecule has 1 aromatic carbocycles. The van der Waals surface area contributed by atoms with Crippen LogP contribution in [0.1, 0.15) is 29.3 Å². The van der Waals surface area contributed by atoms with Crippen molar-refractivity contribution < 1.29 is 4.39 Å². The van der Waals surface area contributed by atoms with Crippen LogP contribution in [-0.4, -0.2) is 6.54 Å². The van der Waals surface area contributed by atoms with Gasteiger partial charge in [-0.25, -0.2) is 4.39 Å². The van der Waals surface area contributed by atoms with Crippen molar-refractivity contribution >= 4 is 11.3 Å². The Labute approximate surface area is 117 Å². The number of hydrogen-bond donors (Lipinski definition) is 1. The molecule has 0 amide bonds. The van der Waals surface area contributed by atoms with Crippen molar-refractivity contribution in [3.63, 3.8) is 0 Å². The van der Waals surface area contributed by atoms with Crippen LogP contribution < -0.4 is 5.32 Å². The highest BCUT2D eigenvalue weighted by Gasteiger charge is 2.31. The first-order valence-corrected chi connectivity index (χ1v) is 7.72. The lowest BCUT2D eigenvalue weighted by atomic mass is 10.0. The van der Waals surface area contributed by atoms with Crippen molar-refractivity contribution in [3.8, 4) is 0 Å². The van der Waals surface area contributed by atoms with E-state index in [2.05, 4.69) is 22.8 Å². The van der Waals surface area contributed by atoms with Crippen LogP contribution in [0.25, 0.3) is 0 Å².